The third-order valence-corrected chi connectivity index (χ3v) is 3.72. The summed E-state index contributed by atoms with van der Waals surface area (Å²) in [5.41, 5.74) is 1.16. The molecule has 0 aromatic heterocycles. The summed E-state index contributed by atoms with van der Waals surface area (Å²) in [5.74, 6) is 1.70. The van der Waals surface area contributed by atoms with Gasteiger partial charge >= 0.3 is 0 Å². The molecule has 1 saturated heterocycles. The third kappa shape index (κ3) is 3.63. The Hall–Kier alpha value is -1.84. The minimum absolute atomic E-state index is 0.100. The lowest BCUT2D eigenvalue weighted by molar-refractivity contribution is -0.0400. The lowest BCUT2D eigenvalue weighted by Crippen LogP contribution is -2.40. The van der Waals surface area contributed by atoms with E-state index in [1.807, 2.05) is 42.5 Å². The van der Waals surface area contributed by atoms with Crippen LogP contribution in [0.2, 0.25) is 0 Å². The molecule has 0 amide bonds. The van der Waals surface area contributed by atoms with Gasteiger partial charge in [0.1, 0.15) is 11.5 Å². The molecule has 2 aromatic rings. The first-order chi connectivity index (χ1) is 10.3. The first-order valence-electron chi connectivity index (χ1n) is 7.54. The summed E-state index contributed by atoms with van der Waals surface area (Å²) >= 11 is 0. The first kappa shape index (κ1) is 14.1. The highest BCUT2D eigenvalue weighted by Crippen LogP contribution is 2.28. The van der Waals surface area contributed by atoms with Crippen LogP contribution in [0, 0.1) is 0 Å². The monoisotopic (exact) mass is 283 g/mol. The molecule has 0 saturated carbocycles. The number of rotatable bonds is 4. The summed E-state index contributed by atoms with van der Waals surface area (Å²) < 4.78 is 12.0. The summed E-state index contributed by atoms with van der Waals surface area (Å²) in [5, 5.41) is 3.44. The van der Waals surface area contributed by atoms with E-state index in [1.54, 1.807) is 0 Å². The van der Waals surface area contributed by atoms with Gasteiger partial charge < -0.3 is 14.8 Å². The zero-order chi connectivity index (χ0) is 14.5. The van der Waals surface area contributed by atoms with Gasteiger partial charge in [0.25, 0.3) is 0 Å². The van der Waals surface area contributed by atoms with Crippen molar-refractivity contribution >= 4 is 0 Å². The lowest BCUT2D eigenvalue weighted by Gasteiger charge is -2.30. The van der Waals surface area contributed by atoms with Gasteiger partial charge in [-0.05, 0) is 36.2 Å². The molecule has 2 aromatic carbocycles. The molecule has 3 rings (SSSR count). The molecule has 2 atom stereocenters. The SMILES string of the molecule is CCC1CNCC(c2cccc(Oc3ccccc3)c2)O1. The molecule has 0 radical (unpaired) electrons. The van der Waals surface area contributed by atoms with Crippen LogP contribution in [0.3, 0.4) is 0 Å². The summed E-state index contributed by atoms with van der Waals surface area (Å²) in [6.45, 7) is 3.95. The molecule has 0 aliphatic carbocycles. The molecular formula is C18H21NO2. The maximum atomic E-state index is 6.11. The van der Waals surface area contributed by atoms with Crippen LogP contribution in [-0.2, 0) is 4.74 Å². The highest BCUT2D eigenvalue weighted by molar-refractivity contribution is 5.35. The summed E-state index contributed by atoms with van der Waals surface area (Å²) in [7, 11) is 0. The predicted octanol–water partition coefficient (Wildman–Crippen LogP) is 3.92. The molecule has 1 aliphatic rings. The van der Waals surface area contributed by atoms with Gasteiger partial charge in [0.15, 0.2) is 0 Å². The fourth-order valence-corrected chi connectivity index (χ4v) is 2.54. The summed E-state index contributed by atoms with van der Waals surface area (Å²) in [6, 6.07) is 18.0. The Morgan fingerprint density at radius 1 is 1.05 bits per heavy atom. The molecule has 1 aliphatic heterocycles. The molecule has 21 heavy (non-hydrogen) atoms. The van der Waals surface area contributed by atoms with Crippen molar-refractivity contribution < 1.29 is 9.47 Å². The molecule has 1 fully saturated rings. The second-order valence-electron chi connectivity index (χ2n) is 5.30. The van der Waals surface area contributed by atoms with Crippen LogP contribution in [0.1, 0.15) is 25.0 Å². The number of hydrogen-bond acceptors (Lipinski definition) is 3. The third-order valence-electron chi connectivity index (χ3n) is 3.72. The Balaban J connectivity index is 1.74. The van der Waals surface area contributed by atoms with Gasteiger partial charge in [-0.2, -0.15) is 0 Å². The van der Waals surface area contributed by atoms with Gasteiger partial charge in [0.2, 0.25) is 0 Å². The first-order valence-corrected chi connectivity index (χ1v) is 7.54. The molecule has 3 heteroatoms. The van der Waals surface area contributed by atoms with Crippen LogP contribution in [0.25, 0.3) is 0 Å². The minimum atomic E-state index is 0.100. The average molecular weight is 283 g/mol. The molecule has 1 N–H and O–H groups in total. The smallest absolute Gasteiger partial charge is 0.127 e. The largest absolute Gasteiger partial charge is 0.457 e. The van der Waals surface area contributed by atoms with Gasteiger partial charge in [-0.25, -0.2) is 0 Å². The number of para-hydroxylation sites is 1. The summed E-state index contributed by atoms with van der Waals surface area (Å²) in [4.78, 5) is 0. The maximum absolute atomic E-state index is 6.11. The van der Waals surface area contributed by atoms with E-state index in [2.05, 4.69) is 24.4 Å². The van der Waals surface area contributed by atoms with Gasteiger partial charge in [-0.15, -0.1) is 0 Å². The molecule has 3 nitrogen and oxygen atoms in total. The van der Waals surface area contributed by atoms with Crippen LogP contribution >= 0.6 is 0 Å². The van der Waals surface area contributed by atoms with Gasteiger partial charge in [-0.3, -0.25) is 0 Å². The van der Waals surface area contributed by atoms with Crippen LogP contribution in [0.5, 0.6) is 11.5 Å². The highest BCUT2D eigenvalue weighted by atomic mass is 16.5. The topological polar surface area (TPSA) is 30.5 Å². The van der Waals surface area contributed by atoms with E-state index < -0.39 is 0 Å². The maximum Gasteiger partial charge on any atom is 0.127 e. The van der Waals surface area contributed by atoms with E-state index in [0.717, 1.165) is 36.6 Å². The van der Waals surface area contributed by atoms with Crippen molar-refractivity contribution in [2.75, 3.05) is 13.1 Å². The molecule has 2 unspecified atom stereocenters. The van der Waals surface area contributed by atoms with Crippen molar-refractivity contribution in [2.45, 2.75) is 25.6 Å². The number of morpholine rings is 1. The molecular weight excluding hydrogens is 262 g/mol. The molecule has 110 valence electrons. The molecule has 1 heterocycles. The second-order valence-corrected chi connectivity index (χ2v) is 5.30. The molecule has 0 bridgehead atoms. The van der Waals surface area contributed by atoms with E-state index in [0.29, 0.717) is 6.10 Å². The van der Waals surface area contributed by atoms with Crippen molar-refractivity contribution in [2.24, 2.45) is 0 Å². The van der Waals surface area contributed by atoms with Crippen molar-refractivity contribution in [3.05, 3.63) is 60.2 Å². The van der Waals surface area contributed by atoms with E-state index >= 15 is 0 Å². The average Bonchev–Trinajstić information content (AvgIpc) is 2.56. The second kappa shape index (κ2) is 6.74. The minimum Gasteiger partial charge on any atom is -0.457 e. The van der Waals surface area contributed by atoms with E-state index in [9.17, 15) is 0 Å². The van der Waals surface area contributed by atoms with Crippen molar-refractivity contribution in [1.82, 2.24) is 5.32 Å². The van der Waals surface area contributed by atoms with Crippen LogP contribution < -0.4 is 10.1 Å². The fourth-order valence-electron chi connectivity index (χ4n) is 2.54. The van der Waals surface area contributed by atoms with E-state index in [1.165, 1.54) is 0 Å². The van der Waals surface area contributed by atoms with Crippen LogP contribution in [0.15, 0.2) is 54.6 Å². The number of benzene rings is 2. The number of hydrogen-bond donors (Lipinski definition) is 1. The fraction of sp³-hybridized carbons (Fsp3) is 0.333. The molecule has 0 spiro atoms. The van der Waals surface area contributed by atoms with Gasteiger partial charge in [-0.1, -0.05) is 37.3 Å². The van der Waals surface area contributed by atoms with Crippen molar-refractivity contribution in [3.63, 3.8) is 0 Å². The zero-order valence-electron chi connectivity index (χ0n) is 12.3. The Labute approximate surface area is 125 Å². The highest BCUT2D eigenvalue weighted by Gasteiger charge is 2.22. The van der Waals surface area contributed by atoms with Crippen LogP contribution in [0.4, 0.5) is 0 Å². The Morgan fingerprint density at radius 2 is 1.86 bits per heavy atom. The lowest BCUT2D eigenvalue weighted by atomic mass is 10.1. The van der Waals surface area contributed by atoms with Gasteiger partial charge in [0.05, 0.1) is 12.2 Å². The Bertz CT molecular complexity index is 570. The van der Waals surface area contributed by atoms with Crippen LogP contribution in [-0.4, -0.2) is 19.2 Å². The normalized spacial score (nSPS) is 22.0. The van der Waals surface area contributed by atoms with Crippen molar-refractivity contribution in [3.8, 4) is 11.5 Å². The van der Waals surface area contributed by atoms with E-state index in [4.69, 9.17) is 9.47 Å². The van der Waals surface area contributed by atoms with Gasteiger partial charge in [0, 0.05) is 13.1 Å². The van der Waals surface area contributed by atoms with Crippen molar-refractivity contribution in [1.29, 1.82) is 0 Å². The summed E-state index contributed by atoms with van der Waals surface area (Å²) in [6.07, 6.45) is 1.43. The quantitative estimate of drug-likeness (QED) is 0.922. The number of ether oxygens (including phenoxy) is 2. The standard InChI is InChI=1S/C18H21NO2/c1-2-15-12-19-13-18(21-15)14-7-6-10-17(11-14)20-16-8-4-3-5-9-16/h3-11,15,18-19H,2,12-13H2,1H3. The Kier molecular flexibility index (Phi) is 4.53. The zero-order valence-corrected chi connectivity index (χ0v) is 12.3. The Morgan fingerprint density at radius 3 is 2.67 bits per heavy atom. The van der Waals surface area contributed by atoms with E-state index in [-0.39, 0.29) is 6.10 Å². The number of nitrogens with one attached hydrogen (secondary N) is 1. The predicted molar refractivity (Wildman–Crippen MR) is 83.7 cm³/mol.